The first-order chi connectivity index (χ1) is 15.7. The molecule has 0 aliphatic rings. The van der Waals surface area contributed by atoms with E-state index in [0.29, 0.717) is 12.0 Å². The van der Waals surface area contributed by atoms with Gasteiger partial charge in [0.2, 0.25) is 10.0 Å². The van der Waals surface area contributed by atoms with Crippen LogP contribution in [0.5, 0.6) is 0 Å². The first-order valence-corrected chi connectivity index (χ1v) is 16.3. The maximum Gasteiger partial charge on any atom is 0.329 e. The van der Waals surface area contributed by atoms with E-state index >= 15 is 0 Å². The molecule has 0 spiro atoms. The van der Waals surface area contributed by atoms with Crippen molar-refractivity contribution in [3.8, 4) is 0 Å². The molecule has 192 valence electrons. The molecular weight excluding hydrogens is 457 g/mol. The molecule has 0 aliphatic heterocycles. The maximum atomic E-state index is 12.4. The quantitative estimate of drug-likeness (QED) is 0.120. The molecule has 0 heterocycles. The van der Waals surface area contributed by atoms with Crippen LogP contribution in [-0.2, 0) is 20.8 Å². The van der Waals surface area contributed by atoms with Crippen LogP contribution < -0.4 is 4.72 Å². The molecule has 3 N–H and O–H groups in total. The fourth-order valence-electron chi connectivity index (χ4n) is 4.04. The highest BCUT2D eigenvalue weighted by Crippen LogP contribution is 2.41. The predicted molar refractivity (Wildman–Crippen MR) is 139 cm³/mol. The molecule has 1 aromatic carbocycles. The van der Waals surface area contributed by atoms with Gasteiger partial charge in [0.15, 0.2) is 0 Å². The third-order valence-electron chi connectivity index (χ3n) is 5.93. The predicted octanol–water partition coefficient (Wildman–Crippen LogP) is 7.37. The van der Waals surface area contributed by atoms with Gasteiger partial charge in [-0.25, -0.2) is 8.42 Å². The SMILES string of the molecule is CCCCCCCCCCCCCCCCCCS(=O)(=O)Nc1ccccc1CP(=O)(O)O. The second kappa shape index (κ2) is 17.5. The standard InChI is InChI=1S/C25H46NO5PS/c1-2-3-4-5-6-7-8-9-10-11-12-13-14-15-16-19-22-33(30,31)26-25-21-18-17-20-24(25)23-32(27,28)29/h17-18,20-21,26H,2-16,19,22-23H2,1H3,(H2,27,28,29). The van der Waals surface area contributed by atoms with Crippen LogP contribution in [0.3, 0.4) is 0 Å². The van der Waals surface area contributed by atoms with Crippen molar-refractivity contribution in [3.05, 3.63) is 29.8 Å². The summed E-state index contributed by atoms with van der Waals surface area (Å²) in [5.74, 6) is 0.0235. The number of hydrogen-bond donors (Lipinski definition) is 3. The van der Waals surface area contributed by atoms with Crippen molar-refractivity contribution in [3.63, 3.8) is 0 Å². The Morgan fingerprint density at radius 1 is 0.727 bits per heavy atom. The summed E-state index contributed by atoms with van der Waals surface area (Å²) >= 11 is 0. The molecule has 1 aromatic rings. The van der Waals surface area contributed by atoms with E-state index in [1.807, 2.05) is 0 Å². The van der Waals surface area contributed by atoms with Gasteiger partial charge in [0.05, 0.1) is 17.6 Å². The third-order valence-corrected chi connectivity index (χ3v) is 8.04. The molecule has 33 heavy (non-hydrogen) atoms. The summed E-state index contributed by atoms with van der Waals surface area (Å²) in [7, 11) is -7.80. The molecule has 0 aliphatic carbocycles. The molecule has 0 radical (unpaired) electrons. The monoisotopic (exact) mass is 503 g/mol. The van der Waals surface area contributed by atoms with E-state index in [1.54, 1.807) is 12.1 Å². The lowest BCUT2D eigenvalue weighted by Crippen LogP contribution is -2.17. The lowest BCUT2D eigenvalue weighted by molar-refractivity contribution is 0.372. The second-order valence-electron chi connectivity index (χ2n) is 9.20. The average Bonchev–Trinajstić information content (AvgIpc) is 2.73. The number of nitrogens with one attached hydrogen (secondary N) is 1. The van der Waals surface area contributed by atoms with Crippen LogP contribution in [0.15, 0.2) is 24.3 Å². The van der Waals surface area contributed by atoms with Crippen LogP contribution in [0, 0.1) is 0 Å². The Labute approximate surface area is 202 Å². The number of unbranched alkanes of at least 4 members (excludes halogenated alkanes) is 15. The van der Waals surface area contributed by atoms with Gasteiger partial charge in [0.25, 0.3) is 0 Å². The number of hydrogen-bond acceptors (Lipinski definition) is 3. The second-order valence-corrected chi connectivity index (χ2v) is 12.7. The first kappa shape index (κ1) is 30.2. The first-order valence-electron chi connectivity index (χ1n) is 12.9. The molecule has 0 saturated heterocycles. The fourth-order valence-corrected chi connectivity index (χ4v) is 5.98. The molecule has 1 rings (SSSR count). The lowest BCUT2D eigenvalue weighted by Gasteiger charge is -2.13. The van der Waals surface area contributed by atoms with E-state index in [-0.39, 0.29) is 11.4 Å². The highest BCUT2D eigenvalue weighted by atomic mass is 32.2. The van der Waals surface area contributed by atoms with Gasteiger partial charge in [-0.3, -0.25) is 9.29 Å². The molecule has 0 atom stereocenters. The average molecular weight is 504 g/mol. The summed E-state index contributed by atoms with van der Waals surface area (Å²) < 4.78 is 38.5. The lowest BCUT2D eigenvalue weighted by atomic mass is 10.0. The molecule has 8 heteroatoms. The van der Waals surface area contributed by atoms with E-state index < -0.39 is 23.8 Å². The minimum absolute atomic E-state index is 0.0235. The Hall–Kier alpha value is -0.880. The van der Waals surface area contributed by atoms with Gasteiger partial charge < -0.3 is 9.79 Å². The Kier molecular flexibility index (Phi) is 16.0. The van der Waals surface area contributed by atoms with Crippen LogP contribution >= 0.6 is 7.60 Å². The Morgan fingerprint density at radius 3 is 1.61 bits per heavy atom. The van der Waals surface area contributed by atoms with Crippen LogP contribution in [0.4, 0.5) is 5.69 Å². The maximum absolute atomic E-state index is 12.4. The van der Waals surface area contributed by atoms with E-state index in [2.05, 4.69) is 11.6 Å². The van der Waals surface area contributed by atoms with Crippen molar-refractivity contribution < 1.29 is 22.8 Å². The number of rotatable bonds is 21. The van der Waals surface area contributed by atoms with Crippen molar-refractivity contribution in [2.24, 2.45) is 0 Å². The van der Waals surface area contributed by atoms with Gasteiger partial charge in [-0.1, -0.05) is 121 Å². The zero-order chi connectivity index (χ0) is 24.4. The van der Waals surface area contributed by atoms with Crippen molar-refractivity contribution in [2.75, 3.05) is 10.5 Å². The molecule has 0 fully saturated rings. The summed E-state index contributed by atoms with van der Waals surface area (Å²) in [6, 6.07) is 6.36. The van der Waals surface area contributed by atoms with Crippen LogP contribution in [0.2, 0.25) is 0 Å². The van der Waals surface area contributed by atoms with Gasteiger partial charge in [0.1, 0.15) is 0 Å². The largest absolute Gasteiger partial charge is 0.329 e. The Morgan fingerprint density at radius 2 is 1.15 bits per heavy atom. The summed E-state index contributed by atoms with van der Waals surface area (Å²) in [5.41, 5.74) is 0.554. The highest BCUT2D eigenvalue weighted by molar-refractivity contribution is 7.92. The van der Waals surface area contributed by atoms with E-state index in [4.69, 9.17) is 0 Å². The zero-order valence-electron chi connectivity index (χ0n) is 20.5. The Balaban J connectivity index is 2.06. The Bertz CT molecular complexity index is 779. The minimum Gasteiger partial charge on any atom is -0.324 e. The fraction of sp³-hybridized carbons (Fsp3) is 0.760. The van der Waals surface area contributed by atoms with Crippen molar-refractivity contribution in [1.82, 2.24) is 0 Å². The van der Waals surface area contributed by atoms with Crippen molar-refractivity contribution >= 4 is 23.3 Å². The van der Waals surface area contributed by atoms with Crippen molar-refractivity contribution in [2.45, 2.75) is 116 Å². The van der Waals surface area contributed by atoms with Crippen LogP contribution in [-0.4, -0.2) is 24.0 Å². The summed E-state index contributed by atoms with van der Waals surface area (Å²) in [4.78, 5) is 18.4. The number of sulfonamides is 1. The topological polar surface area (TPSA) is 104 Å². The summed E-state index contributed by atoms with van der Waals surface area (Å²) in [5, 5.41) is 0. The van der Waals surface area contributed by atoms with Gasteiger partial charge in [-0.2, -0.15) is 0 Å². The smallest absolute Gasteiger partial charge is 0.324 e. The van der Waals surface area contributed by atoms with Crippen molar-refractivity contribution in [1.29, 1.82) is 0 Å². The normalized spacial score (nSPS) is 12.2. The summed E-state index contributed by atoms with van der Waals surface area (Å²) in [6.45, 7) is 2.26. The van der Waals surface area contributed by atoms with Gasteiger partial charge >= 0.3 is 7.60 Å². The molecule has 0 bridgehead atoms. The molecule has 0 amide bonds. The highest BCUT2D eigenvalue weighted by Gasteiger charge is 2.19. The van der Waals surface area contributed by atoms with E-state index in [1.165, 1.54) is 89.2 Å². The molecule has 0 aromatic heterocycles. The third kappa shape index (κ3) is 17.2. The van der Waals surface area contributed by atoms with Gasteiger partial charge in [-0.05, 0) is 18.1 Å². The molecular formula is C25H46NO5PS. The van der Waals surface area contributed by atoms with Crippen LogP contribution in [0.25, 0.3) is 0 Å². The molecule has 6 nitrogen and oxygen atoms in total. The number of anilines is 1. The van der Waals surface area contributed by atoms with Crippen LogP contribution in [0.1, 0.15) is 115 Å². The minimum atomic E-state index is -4.27. The molecule has 0 unspecified atom stereocenters. The molecule has 0 saturated carbocycles. The van der Waals surface area contributed by atoms with Gasteiger partial charge in [0, 0.05) is 0 Å². The summed E-state index contributed by atoms with van der Waals surface area (Å²) in [6.07, 6.45) is 19.3. The zero-order valence-corrected chi connectivity index (χ0v) is 22.2. The number of benzene rings is 1. The van der Waals surface area contributed by atoms with E-state index in [9.17, 15) is 22.8 Å². The van der Waals surface area contributed by atoms with E-state index in [0.717, 1.165) is 19.3 Å². The number of para-hydroxylation sites is 1. The van der Waals surface area contributed by atoms with Gasteiger partial charge in [-0.15, -0.1) is 0 Å².